The van der Waals surface area contributed by atoms with E-state index in [0.29, 0.717) is 0 Å². The van der Waals surface area contributed by atoms with Gasteiger partial charge in [0, 0.05) is 7.85 Å². The Morgan fingerprint density at radius 2 is 2.00 bits per heavy atom. The van der Waals surface area contributed by atoms with Crippen LogP contribution in [0.2, 0.25) is 0 Å². The van der Waals surface area contributed by atoms with Crippen LogP contribution in [0.3, 0.4) is 0 Å². The summed E-state index contributed by atoms with van der Waals surface area (Å²) in [4.78, 5) is 0. The molecule has 0 heteroatoms. The lowest BCUT2D eigenvalue weighted by Gasteiger charge is -2.04. The second kappa shape index (κ2) is 12.3. The Morgan fingerprint density at radius 1 is 1.45 bits per heavy atom. The molecule has 0 N–H and O–H groups in total. The van der Waals surface area contributed by atoms with Crippen molar-refractivity contribution in [1.29, 1.82) is 0 Å². The summed E-state index contributed by atoms with van der Waals surface area (Å²) < 4.78 is 0. The first-order chi connectivity index (χ1) is 5.31. The molecule has 0 spiro atoms. The van der Waals surface area contributed by atoms with Crippen LogP contribution in [0.25, 0.3) is 0 Å². The van der Waals surface area contributed by atoms with E-state index in [1.807, 2.05) is 13.8 Å². The van der Waals surface area contributed by atoms with Gasteiger partial charge < -0.3 is 0 Å². The van der Waals surface area contributed by atoms with Gasteiger partial charge in [0.25, 0.3) is 0 Å². The molecular weight excluding hydrogens is 132 g/mol. The molecule has 0 radical (unpaired) electrons. The number of rotatable bonds is 4. The van der Waals surface area contributed by atoms with Crippen LogP contribution in [0.1, 0.15) is 54.8 Å². The van der Waals surface area contributed by atoms with Crippen LogP contribution in [-0.4, -0.2) is 0 Å². The van der Waals surface area contributed by atoms with E-state index in [-0.39, 0.29) is 1.43 Å². The van der Waals surface area contributed by atoms with Crippen molar-refractivity contribution in [2.45, 2.75) is 53.4 Å². The summed E-state index contributed by atoms with van der Waals surface area (Å²) in [5.41, 5.74) is 0. The quantitative estimate of drug-likeness (QED) is 0.424. The van der Waals surface area contributed by atoms with Crippen LogP contribution in [0.5, 0.6) is 0 Å². The number of terminal acetylenes is 1. The molecule has 0 aliphatic rings. The third-order valence-corrected chi connectivity index (χ3v) is 1.71. The third kappa shape index (κ3) is 12.7. The van der Waals surface area contributed by atoms with E-state index >= 15 is 0 Å². The molecule has 0 saturated heterocycles. The predicted molar refractivity (Wildman–Crippen MR) is 55.6 cm³/mol. The van der Waals surface area contributed by atoms with Gasteiger partial charge in [-0.2, -0.15) is 0 Å². The Morgan fingerprint density at radius 3 is 2.36 bits per heavy atom. The number of unbranched alkanes of at least 4 members (excludes halogenated alkanes) is 1. The van der Waals surface area contributed by atoms with Gasteiger partial charge in [-0.05, 0) is 18.8 Å². The lowest BCUT2D eigenvalue weighted by molar-refractivity contribution is 0.500. The van der Waals surface area contributed by atoms with Crippen molar-refractivity contribution >= 4 is 0 Å². The van der Waals surface area contributed by atoms with Crippen LogP contribution < -0.4 is 0 Å². The van der Waals surface area contributed by atoms with Crippen molar-refractivity contribution in [2.75, 3.05) is 0 Å². The molecule has 0 rings (SSSR count). The van der Waals surface area contributed by atoms with Gasteiger partial charge in [-0.1, -0.05) is 34.1 Å². The van der Waals surface area contributed by atoms with Crippen LogP contribution >= 0.6 is 0 Å². The van der Waals surface area contributed by atoms with Gasteiger partial charge in [-0.3, -0.25) is 0 Å². The lowest BCUT2D eigenvalue weighted by atomic mass is 10.0. The topological polar surface area (TPSA) is 0 Å². The van der Waals surface area contributed by atoms with Crippen LogP contribution in [0.4, 0.5) is 0 Å². The summed E-state index contributed by atoms with van der Waals surface area (Å²) >= 11 is 0. The van der Waals surface area contributed by atoms with Gasteiger partial charge in [0.1, 0.15) is 0 Å². The molecule has 1 atom stereocenters. The molecule has 11 heavy (non-hydrogen) atoms. The molecule has 0 aromatic heterocycles. The third-order valence-electron chi connectivity index (χ3n) is 1.71. The highest BCUT2D eigenvalue weighted by Crippen LogP contribution is 2.09. The van der Waals surface area contributed by atoms with Gasteiger partial charge >= 0.3 is 0 Å². The largest absolute Gasteiger partial charge is 0.120 e. The highest BCUT2D eigenvalue weighted by Gasteiger charge is 1.95. The Bertz CT molecular complexity index is 91.7. The van der Waals surface area contributed by atoms with Gasteiger partial charge in [0.2, 0.25) is 0 Å². The van der Waals surface area contributed by atoms with E-state index in [2.05, 4.69) is 19.8 Å². The molecular formula is C11H24. The van der Waals surface area contributed by atoms with E-state index in [1.54, 1.807) is 0 Å². The van der Waals surface area contributed by atoms with E-state index in [1.165, 1.54) is 19.3 Å². The number of hydrogen-bond donors (Lipinski definition) is 0. The normalized spacial score (nSPS) is 10.8. The zero-order chi connectivity index (χ0) is 9.11. The van der Waals surface area contributed by atoms with Gasteiger partial charge in [0.05, 0.1) is 0 Å². The van der Waals surface area contributed by atoms with Crippen molar-refractivity contribution in [3.8, 4) is 12.3 Å². The molecule has 1 unspecified atom stereocenters. The number of hydrogen-bond acceptors (Lipinski definition) is 0. The van der Waals surface area contributed by atoms with Crippen molar-refractivity contribution in [3.63, 3.8) is 0 Å². The molecule has 0 nitrogen and oxygen atoms in total. The zero-order valence-electron chi connectivity index (χ0n) is 8.48. The summed E-state index contributed by atoms with van der Waals surface area (Å²) in [5.74, 6) is 3.51. The minimum Gasteiger partial charge on any atom is -0.120 e. The van der Waals surface area contributed by atoms with E-state index in [0.717, 1.165) is 12.3 Å². The molecule has 0 bridgehead atoms. The maximum Gasteiger partial charge on any atom is 0.00861 e. The van der Waals surface area contributed by atoms with Crippen molar-refractivity contribution < 1.29 is 1.43 Å². The van der Waals surface area contributed by atoms with Crippen molar-refractivity contribution in [2.24, 2.45) is 5.92 Å². The highest BCUT2D eigenvalue weighted by atomic mass is 14.0. The summed E-state index contributed by atoms with van der Waals surface area (Å²) in [7, 11) is 0. The summed E-state index contributed by atoms with van der Waals surface area (Å²) in [5, 5.41) is 0. The van der Waals surface area contributed by atoms with E-state index in [4.69, 9.17) is 6.42 Å². The monoisotopic (exact) mass is 156 g/mol. The average Bonchev–Trinajstić information content (AvgIpc) is 2.08. The smallest absolute Gasteiger partial charge is 0.00861 e. The fraction of sp³-hybridized carbons (Fsp3) is 0.818. The predicted octanol–water partition coefficient (Wildman–Crippen LogP) is 4.11. The Kier molecular flexibility index (Phi) is 14.7. The molecule has 0 fully saturated rings. The Hall–Kier alpha value is -0.440. The van der Waals surface area contributed by atoms with Crippen LogP contribution in [0.15, 0.2) is 0 Å². The van der Waals surface area contributed by atoms with Crippen LogP contribution in [0, 0.1) is 18.3 Å². The van der Waals surface area contributed by atoms with Crippen molar-refractivity contribution in [3.05, 3.63) is 0 Å². The standard InChI is InChI=1S/C9H16.C2H6.H2/c1-4-6-7-8-9(3)5-2;1-2;/h1,9H,5-8H2,2-3H3;1-2H3;1H. The molecule has 0 saturated carbocycles. The molecule has 0 heterocycles. The fourth-order valence-electron chi connectivity index (χ4n) is 0.757. The SMILES string of the molecule is C#CCCCC(C)CC.CC.[HH]. The highest BCUT2D eigenvalue weighted by molar-refractivity contribution is 4.82. The van der Waals surface area contributed by atoms with E-state index < -0.39 is 0 Å². The molecule has 0 aromatic carbocycles. The first-order valence-electron chi connectivity index (χ1n) is 4.74. The second-order valence-electron chi connectivity index (χ2n) is 2.61. The maximum absolute atomic E-state index is 5.11. The maximum atomic E-state index is 5.11. The molecule has 68 valence electrons. The average molecular weight is 156 g/mol. The molecule has 0 aliphatic carbocycles. The fourth-order valence-corrected chi connectivity index (χ4v) is 0.757. The summed E-state index contributed by atoms with van der Waals surface area (Å²) in [6.07, 6.45) is 9.83. The molecule has 0 aliphatic heterocycles. The van der Waals surface area contributed by atoms with Gasteiger partial charge in [0.15, 0.2) is 0 Å². The molecule has 0 amide bonds. The minimum absolute atomic E-state index is 0. The van der Waals surface area contributed by atoms with Crippen molar-refractivity contribution in [1.82, 2.24) is 0 Å². The van der Waals surface area contributed by atoms with Gasteiger partial charge in [-0.15, -0.1) is 12.3 Å². The van der Waals surface area contributed by atoms with Gasteiger partial charge in [-0.25, -0.2) is 0 Å². The van der Waals surface area contributed by atoms with E-state index in [9.17, 15) is 0 Å². The summed E-state index contributed by atoms with van der Waals surface area (Å²) in [6.45, 7) is 8.50. The first-order valence-corrected chi connectivity index (χ1v) is 4.74. The lowest BCUT2D eigenvalue weighted by Crippen LogP contribution is -1.90. The first kappa shape index (κ1) is 13.2. The Labute approximate surface area is 73.9 Å². The van der Waals surface area contributed by atoms with Crippen LogP contribution in [-0.2, 0) is 0 Å². The minimum atomic E-state index is 0. The molecule has 0 aromatic rings. The summed E-state index contributed by atoms with van der Waals surface area (Å²) in [6, 6.07) is 0. The second-order valence-corrected chi connectivity index (χ2v) is 2.61. The Balaban J connectivity index is -0.000000249. The zero-order valence-corrected chi connectivity index (χ0v) is 8.48.